The molecule has 0 aromatic heterocycles. The number of amidine groups is 1. The van der Waals surface area contributed by atoms with E-state index < -0.39 is 30.5 Å². The molecule has 1 amide bonds. The van der Waals surface area contributed by atoms with Crippen molar-refractivity contribution in [2.45, 2.75) is 25.4 Å². The van der Waals surface area contributed by atoms with Crippen molar-refractivity contribution in [3.05, 3.63) is 0 Å². The smallest absolute Gasteiger partial charge is 0.390 e. The van der Waals surface area contributed by atoms with Gasteiger partial charge in [0.25, 0.3) is 0 Å². The zero-order chi connectivity index (χ0) is 14.5. The van der Waals surface area contributed by atoms with Crippen LogP contribution >= 0.6 is 0 Å². The van der Waals surface area contributed by atoms with E-state index in [-0.39, 0.29) is 31.9 Å². The minimum Gasteiger partial charge on any atom is -0.409 e. The Hall–Kier alpha value is -1.51. The number of oxime groups is 1. The molecule has 1 aliphatic heterocycles. The molecule has 0 aromatic rings. The van der Waals surface area contributed by atoms with E-state index in [0.717, 1.165) is 0 Å². The van der Waals surface area contributed by atoms with Gasteiger partial charge in [-0.05, 0) is 12.8 Å². The van der Waals surface area contributed by atoms with Gasteiger partial charge in [-0.25, -0.2) is 0 Å². The van der Waals surface area contributed by atoms with E-state index >= 15 is 0 Å². The lowest BCUT2D eigenvalue weighted by Gasteiger charge is -2.34. The molecule has 0 aliphatic carbocycles. The quantitative estimate of drug-likeness (QED) is 0.304. The number of nitrogens with one attached hydrogen (secondary N) is 1. The van der Waals surface area contributed by atoms with E-state index in [0.29, 0.717) is 0 Å². The highest BCUT2D eigenvalue weighted by Gasteiger charge is 2.44. The van der Waals surface area contributed by atoms with E-state index in [4.69, 9.17) is 15.7 Å². The largest absolute Gasteiger partial charge is 0.409 e. The Morgan fingerprint density at radius 2 is 2.00 bits per heavy atom. The maximum absolute atomic E-state index is 12.0. The Labute approximate surface area is 107 Å². The van der Waals surface area contributed by atoms with Gasteiger partial charge in [0.2, 0.25) is 5.91 Å². The number of nitrogens with two attached hydrogens (primary N) is 1. The van der Waals surface area contributed by atoms with Crippen LogP contribution in [0.4, 0.5) is 13.2 Å². The van der Waals surface area contributed by atoms with Crippen molar-refractivity contribution in [1.29, 1.82) is 0 Å². The molecule has 9 heteroatoms. The topological polar surface area (TPSA) is 96.9 Å². The number of ether oxygens (including phenoxy) is 1. The molecular weight excluding hydrogens is 267 g/mol. The monoisotopic (exact) mass is 283 g/mol. The fourth-order valence-corrected chi connectivity index (χ4v) is 1.90. The van der Waals surface area contributed by atoms with E-state index in [2.05, 4.69) is 10.5 Å². The van der Waals surface area contributed by atoms with Crippen molar-refractivity contribution >= 4 is 11.7 Å². The summed E-state index contributed by atoms with van der Waals surface area (Å²) in [6, 6.07) is 0. The maximum Gasteiger partial charge on any atom is 0.390 e. The summed E-state index contributed by atoms with van der Waals surface area (Å²) in [6.07, 6.45) is -5.13. The number of amides is 1. The van der Waals surface area contributed by atoms with Crippen molar-refractivity contribution < 1.29 is 27.9 Å². The third kappa shape index (κ3) is 3.98. The van der Waals surface area contributed by atoms with Crippen LogP contribution in [0.5, 0.6) is 0 Å². The summed E-state index contributed by atoms with van der Waals surface area (Å²) in [7, 11) is 0. The number of rotatable bonds is 4. The van der Waals surface area contributed by atoms with Gasteiger partial charge in [-0.2, -0.15) is 13.2 Å². The van der Waals surface area contributed by atoms with Crippen molar-refractivity contribution in [1.82, 2.24) is 5.32 Å². The summed E-state index contributed by atoms with van der Waals surface area (Å²) < 4.78 is 41.1. The summed E-state index contributed by atoms with van der Waals surface area (Å²) >= 11 is 0. The van der Waals surface area contributed by atoms with Crippen LogP contribution in [0.3, 0.4) is 0 Å². The Balaban J connectivity index is 2.68. The van der Waals surface area contributed by atoms with Crippen molar-refractivity contribution in [2.75, 3.05) is 19.8 Å². The first kappa shape index (κ1) is 15.5. The van der Waals surface area contributed by atoms with Crippen molar-refractivity contribution in [3.63, 3.8) is 0 Å². The normalized spacial score (nSPS) is 20.1. The average Bonchev–Trinajstić information content (AvgIpc) is 2.36. The van der Waals surface area contributed by atoms with Crippen LogP contribution in [0.1, 0.15) is 19.3 Å². The number of carbonyl (C=O) groups is 1. The van der Waals surface area contributed by atoms with E-state index in [1.165, 1.54) is 0 Å². The van der Waals surface area contributed by atoms with Crippen LogP contribution in [-0.4, -0.2) is 42.9 Å². The fourth-order valence-electron chi connectivity index (χ4n) is 1.90. The average molecular weight is 283 g/mol. The molecule has 19 heavy (non-hydrogen) atoms. The van der Waals surface area contributed by atoms with Crippen LogP contribution in [0.2, 0.25) is 0 Å². The molecule has 0 unspecified atom stereocenters. The zero-order valence-electron chi connectivity index (χ0n) is 10.2. The van der Waals surface area contributed by atoms with Crippen molar-refractivity contribution in [2.24, 2.45) is 16.3 Å². The minimum atomic E-state index is -4.34. The molecule has 0 spiro atoms. The highest BCUT2D eigenvalue weighted by atomic mass is 19.4. The summed E-state index contributed by atoms with van der Waals surface area (Å²) in [4.78, 5) is 12.0. The molecule has 0 atom stereocenters. The number of hydrogen-bond acceptors (Lipinski definition) is 4. The summed E-state index contributed by atoms with van der Waals surface area (Å²) in [5, 5.41) is 13.7. The van der Waals surface area contributed by atoms with E-state index in [9.17, 15) is 18.0 Å². The first-order valence-electron chi connectivity index (χ1n) is 5.72. The van der Waals surface area contributed by atoms with Gasteiger partial charge >= 0.3 is 6.18 Å². The SMILES string of the molecule is N/C(=N/O)C1(C(=O)NCCC(F)(F)F)CCOCC1. The van der Waals surface area contributed by atoms with Gasteiger partial charge < -0.3 is 21.0 Å². The zero-order valence-corrected chi connectivity index (χ0v) is 10.2. The lowest BCUT2D eigenvalue weighted by molar-refractivity contribution is -0.139. The number of halogens is 3. The number of alkyl halides is 3. The van der Waals surface area contributed by atoms with Gasteiger partial charge in [-0.3, -0.25) is 4.79 Å². The third-order valence-electron chi connectivity index (χ3n) is 3.07. The lowest BCUT2D eigenvalue weighted by atomic mass is 9.78. The van der Waals surface area contributed by atoms with Crippen LogP contribution in [0.25, 0.3) is 0 Å². The van der Waals surface area contributed by atoms with Crippen LogP contribution in [0.15, 0.2) is 5.16 Å². The molecule has 1 saturated heterocycles. The Bertz CT molecular complexity index is 352. The predicted molar refractivity (Wildman–Crippen MR) is 59.6 cm³/mol. The minimum absolute atomic E-state index is 0.167. The molecule has 6 nitrogen and oxygen atoms in total. The second-order valence-electron chi connectivity index (χ2n) is 4.30. The Kier molecular flexibility index (Phi) is 4.98. The molecule has 1 rings (SSSR count). The summed E-state index contributed by atoms with van der Waals surface area (Å²) in [5.74, 6) is -0.976. The molecule has 1 heterocycles. The highest BCUT2D eigenvalue weighted by Crippen LogP contribution is 2.31. The van der Waals surface area contributed by atoms with E-state index in [1.807, 2.05) is 0 Å². The van der Waals surface area contributed by atoms with Gasteiger partial charge in [-0.1, -0.05) is 5.16 Å². The highest BCUT2D eigenvalue weighted by molar-refractivity contribution is 6.06. The second kappa shape index (κ2) is 6.09. The molecule has 0 aromatic carbocycles. The number of carbonyl (C=O) groups excluding carboxylic acids is 1. The maximum atomic E-state index is 12.0. The molecule has 1 aliphatic rings. The summed E-state index contributed by atoms with van der Waals surface area (Å²) in [5.41, 5.74) is 4.21. The molecule has 110 valence electrons. The molecule has 0 bridgehead atoms. The van der Waals surface area contributed by atoms with Gasteiger partial charge in [0, 0.05) is 19.8 Å². The second-order valence-corrected chi connectivity index (χ2v) is 4.30. The number of nitrogens with zero attached hydrogens (tertiary/aromatic N) is 1. The third-order valence-corrected chi connectivity index (χ3v) is 3.07. The standard InChI is InChI=1S/C10H16F3N3O3/c11-10(12,13)1-4-15-8(17)9(7(14)16-18)2-5-19-6-3-9/h18H,1-6H2,(H2,14,16)(H,15,17). The predicted octanol–water partition coefficient (Wildman–Crippen LogP) is 0.598. The van der Waals surface area contributed by atoms with Crippen LogP contribution < -0.4 is 11.1 Å². The van der Waals surface area contributed by atoms with Gasteiger partial charge in [-0.15, -0.1) is 0 Å². The summed E-state index contributed by atoms with van der Waals surface area (Å²) in [6.45, 7) is -0.0878. The first-order chi connectivity index (χ1) is 8.82. The van der Waals surface area contributed by atoms with Gasteiger partial charge in [0.1, 0.15) is 5.41 Å². The van der Waals surface area contributed by atoms with Crippen molar-refractivity contribution in [3.8, 4) is 0 Å². The molecule has 0 radical (unpaired) electrons. The molecule has 4 N–H and O–H groups in total. The molecular formula is C10H16F3N3O3. The van der Waals surface area contributed by atoms with Crippen LogP contribution in [-0.2, 0) is 9.53 Å². The Morgan fingerprint density at radius 3 is 2.47 bits per heavy atom. The van der Waals surface area contributed by atoms with Gasteiger partial charge in [0.05, 0.1) is 6.42 Å². The first-order valence-corrected chi connectivity index (χ1v) is 5.72. The number of hydrogen-bond donors (Lipinski definition) is 3. The fraction of sp³-hybridized carbons (Fsp3) is 0.800. The Morgan fingerprint density at radius 1 is 1.42 bits per heavy atom. The molecule has 1 fully saturated rings. The molecule has 0 saturated carbocycles. The van der Waals surface area contributed by atoms with Gasteiger partial charge in [0.15, 0.2) is 5.84 Å². The lowest BCUT2D eigenvalue weighted by Crippen LogP contribution is -2.53. The van der Waals surface area contributed by atoms with Crippen LogP contribution in [0, 0.1) is 5.41 Å². The van der Waals surface area contributed by atoms with E-state index in [1.54, 1.807) is 0 Å².